The highest BCUT2D eigenvalue weighted by molar-refractivity contribution is 5.82. The number of carbonyl (C=O) groups is 2. The maximum absolute atomic E-state index is 13.2. The van der Waals surface area contributed by atoms with E-state index in [1.165, 1.54) is 12.1 Å². The molecule has 3 rings (SSSR count). The Morgan fingerprint density at radius 1 is 1.17 bits per heavy atom. The van der Waals surface area contributed by atoms with Gasteiger partial charge in [0.25, 0.3) is 0 Å². The van der Waals surface area contributed by atoms with Crippen molar-refractivity contribution in [1.29, 1.82) is 0 Å². The minimum absolute atomic E-state index is 0.0588. The molecule has 152 valence electrons. The number of benzene rings is 2. The molecule has 0 radical (unpaired) electrons. The highest BCUT2D eigenvalue weighted by Crippen LogP contribution is 2.24. The first-order valence-electron chi connectivity index (χ1n) is 10.0. The summed E-state index contributed by atoms with van der Waals surface area (Å²) in [6.45, 7) is 7.59. The zero-order valence-corrected chi connectivity index (χ0v) is 16.8. The van der Waals surface area contributed by atoms with Crippen LogP contribution in [0, 0.1) is 11.7 Å². The molecule has 0 aliphatic carbocycles. The smallest absolute Gasteiger partial charge is 0.228 e. The normalized spacial score (nSPS) is 17.2. The van der Waals surface area contributed by atoms with Gasteiger partial charge in [0, 0.05) is 32.6 Å². The maximum atomic E-state index is 13.2. The first-order valence-corrected chi connectivity index (χ1v) is 10.0. The van der Waals surface area contributed by atoms with Gasteiger partial charge in [0.15, 0.2) is 0 Å². The summed E-state index contributed by atoms with van der Waals surface area (Å²) in [4.78, 5) is 29.0. The lowest BCUT2D eigenvalue weighted by molar-refractivity contribution is -0.134. The molecule has 1 aliphatic heterocycles. The Morgan fingerprint density at radius 3 is 2.62 bits per heavy atom. The number of hydrogen-bond acceptors (Lipinski definition) is 2. The van der Waals surface area contributed by atoms with Gasteiger partial charge in [0.05, 0.1) is 5.92 Å². The summed E-state index contributed by atoms with van der Waals surface area (Å²) >= 11 is 0. The van der Waals surface area contributed by atoms with Crippen molar-refractivity contribution < 1.29 is 14.0 Å². The molecule has 1 aliphatic rings. The average Bonchev–Trinajstić information content (AvgIpc) is 2.88. The van der Waals surface area contributed by atoms with Crippen molar-refractivity contribution in [2.45, 2.75) is 19.8 Å². The second kappa shape index (κ2) is 9.50. The van der Waals surface area contributed by atoms with E-state index in [0.717, 1.165) is 16.7 Å². The standard InChI is InChI=1S/C24H27FN2O2/c1-3-12-26-13-14-27(23(28)4-2)17-21(24(26)29)16-18-6-5-7-20(15-18)19-8-10-22(25)11-9-19/h3,5-11,15,21H,1,4,12-14,16-17H2,2H3. The van der Waals surface area contributed by atoms with E-state index in [9.17, 15) is 14.0 Å². The van der Waals surface area contributed by atoms with Crippen molar-refractivity contribution in [1.82, 2.24) is 9.80 Å². The van der Waals surface area contributed by atoms with E-state index in [1.807, 2.05) is 31.2 Å². The topological polar surface area (TPSA) is 40.6 Å². The molecular formula is C24H27FN2O2. The van der Waals surface area contributed by atoms with E-state index < -0.39 is 0 Å². The number of amides is 2. The Morgan fingerprint density at radius 2 is 1.93 bits per heavy atom. The van der Waals surface area contributed by atoms with Crippen molar-refractivity contribution in [3.8, 4) is 11.1 Å². The van der Waals surface area contributed by atoms with Crippen LogP contribution in [0.1, 0.15) is 18.9 Å². The first-order chi connectivity index (χ1) is 14.0. The molecule has 0 bridgehead atoms. The molecule has 1 unspecified atom stereocenters. The van der Waals surface area contributed by atoms with Crippen LogP contribution in [0.2, 0.25) is 0 Å². The first kappa shape index (κ1) is 20.8. The molecule has 1 saturated heterocycles. The summed E-state index contributed by atoms with van der Waals surface area (Å²) in [6, 6.07) is 14.3. The molecule has 1 fully saturated rings. The summed E-state index contributed by atoms with van der Waals surface area (Å²) in [6.07, 6.45) is 2.71. The lowest BCUT2D eigenvalue weighted by Gasteiger charge is -2.23. The molecule has 2 aromatic rings. The van der Waals surface area contributed by atoms with E-state index in [0.29, 0.717) is 39.0 Å². The molecule has 0 spiro atoms. The van der Waals surface area contributed by atoms with Gasteiger partial charge in [-0.3, -0.25) is 9.59 Å². The van der Waals surface area contributed by atoms with Crippen molar-refractivity contribution in [2.24, 2.45) is 5.92 Å². The molecule has 2 amide bonds. The number of rotatable bonds is 6. The van der Waals surface area contributed by atoms with E-state index in [4.69, 9.17) is 0 Å². The van der Waals surface area contributed by atoms with Crippen molar-refractivity contribution >= 4 is 11.8 Å². The number of hydrogen-bond donors (Lipinski definition) is 0. The monoisotopic (exact) mass is 394 g/mol. The Bertz CT molecular complexity index is 879. The second-order valence-corrected chi connectivity index (χ2v) is 7.37. The van der Waals surface area contributed by atoms with Crippen LogP contribution in [0.5, 0.6) is 0 Å². The van der Waals surface area contributed by atoms with Crippen LogP contribution in [0.4, 0.5) is 4.39 Å². The third-order valence-electron chi connectivity index (χ3n) is 5.33. The maximum Gasteiger partial charge on any atom is 0.228 e. The zero-order valence-electron chi connectivity index (χ0n) is 16.8. The van der Waals surface area contributed by atoms with Crippen LogP contribution in [-0.2, 0) is 16.0 Å². The van der Waals surface area contributed by atoms with E-state index in [2.05, 4.69) is 6.58 Å². The van der Waals surface area contributed by atoms with Crippen LogP contribution >= 0.6 is 0 Å². The third-order valence-corrected chi connectivity index (χ3v) is 5.33. The summed E-state index contributed by atoms with van der Waals surface area (Å²) in [7, 11) is 0. The lowest BCUT2D eigenvalue weighted by atomic mass is 9.94. The van der Waals surface area contributed by atoms with Gasteiger partial charge < -0.3 is 9.80 Å². The van der Waals surface area contributed by atoms with Crippen LogP contribution in [-0.4, -0.2) is 47.8 Å². The minimum Gasteiger partial charge on any atom is -0.340 e. The summed E-state index contributed by atoms with van der Waals surface area (Å²) in [5.41, 5.74) is 2.93. The third kappa shape index (κ3) is 5.11. The number of carbonyl (C=O) groups excluding carboxylic acids is 2. The van der Waals surface area contributed by atoms with Crippen molar-refractivity contribution in [3.63, 3.8) is 0 Å². The Hall–Kier alpha value is -2.95. The Labute approximate surface area is 171 Å². The highest BCUT2D eigenvalue weighted by Gasteiger charge is 2.31. The number of nitrogens with zero attached hydrogens (tertiary/aromatic N) is 2. The molecule has 0 N–H and O–H groups in total. The lowest BCUT2D eigenvalue weighted by Crippen LogP contribution is -2.37. The molecule has 0 saturated carbocycles. The number of halogens is 1. The minimum atomic E-state index is -0.295. The molecule has 29 heavy (non-hydrogen) atoms. The van der Waals surface area contributed by atoms with Crippen LogP contribution in [0.3, 0.4) is 0 Å². The van der Waals surface area contributed by atoms with Gasteiger partial charge >= 0.3 is 0 Å². The Kier molecular flexibility index (Phi) is 6.81. The zero-order chi connectivity index (χ0) is 20.8. The molecule has 2 aromatic carbocycles. The largest absolute Gasteiger partial charge is 0.340 e. The molecular weight excluding hydrogens is 367 g/mol. The van der Waals surface area contributed by atoms with E-state index >= 15 is 0 Å². The highest BCUT2D eigenvalue weighted by atomic mass is 19.1. The van der Waals surface area contributed by atoms with Gasteiger partial charge in [0.1, 0.15) is 5.82 Å². The molecule has 1 heterocycles. The molecule has 1 atom stereocenters. The van der Waals surface area contributed by atoms with Gasteiger partial charge in [-0.15, -0.1) is 6.58 Å². The van der Waals surface area contributed by atoms with Crippen LogP contribution in [0.15, 0.2) is 61.2 Å². The van der Waals surface area contributed by atoms with Crippen LogP contribution < -0.4 is 0 Å². The van der Waals surface area contributed by atoms with E-state index in [-0.39, 0.29) is 23.5 Å². The van der Waals surface area contributed by atoms with Gasteiger partial charge in [-0.2, -0.15) is 0 Å². The fraction of sp³-hybridized carbons (Fsp3) is 0.333. The predicted octanol–water partition coefficient (Wildman–Crippen LogP) is 3.92. The quantitative estimate of drug-likeness (QED) is 0.697. The van der Waals surface area contributed by atoms with Crippen molar-refractivity contribution in [3.05, 3.63) is 72.6 Å². The van der Waals surface area contributed by atoms with Crippen LogP contribution in [0.25, 0.3) is 11.1 Å². The average molecular weight is 394 g/mol. The van der Waals surface area contributed by atoms with Gasteiger partial charge in [-0.1, -0.05) is 49.4 Å². The molecule has 5 heteroatoms. The molecule has 0 aromatic heterocycles. The van der Waals surface area contributed by atoms with Crippen molar-refractivity contribution in [2.75, 3.05) is 26.2 Å². The second-order valence-electron chi connectivity index (χ2n) is 7.37. The SMILES string of the molecule is C=CCN1CCN(C(=O)CC)CC(Cc2cccc(-c3ccc(F)cc3)c2)C1=O. The van der Waals surface area contributed by atoms with Gasteiger partial charge in [0.2, 0.25) is 11.8 Å². The predicted molar refractivity (Wildman–Crippen MR) is 113 cm³/mol. The fourth-order valence-corrected chi connectivity index (χ4v) is 3.79. The van der Waals surface area contributed by atoms with Gasteiger partial charge in [-0.05, 0) is 35.2 Å². The van der Waals surface area contributed by atoms with Gasteiger partial charge in [-0.25, -0.2) is 4.39 Å². The fourth-order valence-electron chi connectivity index (χ4n) is 3.79. The molecule has 4 nitrogen and oxygen atoms in total. The summed E-state index contributed by atoms with van der Waals surface area (Å²) in [5, 5.41) is 0. The Balaban J connectivity index is 1.84. The van der Waals surface area contributed by atoms with E-state index in [1.54, 1.807) is 28.0 Å². The summed E-state index contributed by atoms with van der Waals surface area (Å²) < 4.78 is 13.2. The summed E-state index contributed by atoms with van der Waals surface area (Å²) in [5.74, 6) is -0.430.